The van der Waals surface area contributed by atoms with Crippen molar-refractivity contribution in [3.63, 3.8) is 0 Å². The van der Waals surface area contributed by atoms with Crippen LogP contribution in [0.25, 0.3) is 11.0 Å². The van der Waals surface area contributed by atoms with E-state index < -0.39 is 0 Å². The van der Waals surface area contributed by atoms with Crippen LogP contribution >= 0.6 is 0 Å². The van der Waals surface area contributed by atoms with Gasteiger partial charge in [0, 0.05) is 6.04 Å². The largest absolute Gasteiger partial charge is 0.383 e. The standard InChI is InChI=1S/C10H11N5/c1-4-7-8-9(11)12-5-13-10(8)15(14-7)6(2)3/h1,5-6H,2-3H3,(H2,11,12,13). The Kier molecular flexibility index (Phi) is 2.05. The molecule has 2 aromatic rings. The molecule has 0 bridgehead atoms. The number of nitrogen functional groups attached to an aromatic ring is 1. The van der Waals surface area contributed by atoms with Crippen molar-refractivity contribution in [1.82, 2.24) is 19.7 Å². The second-order valence-electron chi connectivity index (χ2n) is 3.49. The molecule has 0 aromatic carbocycles. The van der Waals surface area contributed by atoms with E-state index in [0.29, 0.717) is 22.5 Å². The third kappa shape index (κ3) is 1.31. The van der Waals surface area contributed by atoms with Gasteiger partial charge in [0.05, 0.1) is 5.39 Å². The van der Waals surface area contributed by atoms with E-state index in [2.05, 4.69) is 21.0 Å². The molecule has 2 N–H and O–H groups in total. The van der Waals surface area contributed by atoms with Gasteiger partial charge in [-0.25, -0.2) is 14.6 Å². The number of rotatable bonds is 1. The van der Waals surface area contributed by atoms with Gasteiger partial charge in [-0.3, -0.25) is 0 Å². The topological polar surface area (TPSA) is 69.6 Å². The zero-order valence-electron chi connectivity index (χ0n) is 8.60. The molecule has 0 aliphatic rings. The molecule has 0 radical (unpaired) electrons. The highest BCUT2D eigenvalue weighted by atomic mass is 15.3. The average molecular weight is 201 g/mol. The molecule has 15 heavy (non-hydrogen) atoms. The van der Waals surface area contributed by atoms with E-state index in [1.165, 1.54) is 6.33 Å². The van der Waals surface area contributed by atoms with Crippen LogP contribution in [0, 0.1) is 12.3 Å². The lowest BCUT2D eigenvalue weighted by Gasteiger charge is -2.05. The summed E-state index contributed by atoms with van der Waals surface area (Å²) in [4.78, 5) is 8.05. The van der Waals surface area contributed by atoms with Gasteiger partial charge < -0.3 is 5.73 Å². The summed E-state index contributed by atoms with van der Waals surface area (Å²) in [6.45, 7) is 4.01. The number of anilines is 1. The van der Waals surface area contributed by atoms with Gasteiger partial charge in [0.1, 0.15) is 17.8 Å². The SMILES string of the molecule is C#Cc1nn(C(C)C)c2ncnc(N)c12. The number of hydrogen-bond acceptors (Lipinski definition) is 4. The van der Waals surface area contributed by atoms with Gasteiger partial charge in [0.2, 0.25) is 0 Å². The molecule has 0 fully saturated rings. The summed E-state index contributed by atoms with van der Waals surface area (Å²) >= 11 is 0. The first-order valence-corrected chi connectivity index (χ1v) is 4.60. The summed E-state index contributed by atoms with van der Waals surface area (Å²) in [7, 11) is 0. The third-order valence-electron chi connectivity index (χ3n) is 2.14. The minimum atomic E-state index is 0.184. The molecule has 5 nitrogen and oxygen atoms in total. The zero-order valence-corrected chi connectivity index (χ0v) is 8.60. The van der Waals surface area contributed by atoms with Gasteiger partial charge in [-0.15, -0.1) is 6.42 Å². The highest BCUT2D eigenvalue weighted by Gasteiger charge is 2.14. The molecular weight excluding hydrogens is 190 g/mol. The molecule has 0 saturated carbocycles. The van der Waals surface area contributed by atoms with E-state index in [9.17, 15) is 0 Å². The molecule has 0 spiro atoms. The summed E-state index contributed by atoms with van der Waals surface area (Å²) in [6, 6.07) is 0.184. The van der Waals surface area contributed by atoms with Crippen molar-refractivity contribution < 1.29 is 0 Å². The Bertz CT molecular complexity index is 547. The van der Waals surface area contributed by atoms with Gasteiger partial charge >= 0.3 is 0 Å². The number of fused-ring (bicyclic) bond motifs is 1. The second kappa shape index (κ2) is 3.24. The molecule has 0 unspecified atom stereocenters. The van der Waals surface area contributed by atoms with E-state index in [0.717, 1.165) is 0 Å². The first-order chi connectivity index (χ1) is 7.15. The van der Waals surface area contributed by atoms with E-state index in [-0.39, 0.29) is 6.04 Å². The molecular formula is C10H11N5. The van der Waals surface area contributed by atoms with Crippen molar-refractivity contribution in [2.45, 2.75) is 19.9 Å². The smallest absolute Gasteiger partial charge is 0.164 e. The molecule has 2 aromatic heterocycles. The summed E-state index contributed by atoms with van der Waals surface area (Å²) in [5, 5.41) is 4.93. The number of aromatic nitrogens is 4. The Morgan fingerprint density at radius 2 is 2.20 bits per heavy atom. The number of nitrogens with zero attached hydrogens (tertiary/aromatic N) is 4. The highest BCUT2D eigenvalue weighted by Crippen LogP contribution is 2.22. The Balaban J connectivity index is 2.89. The molecule has 0 atom stereocenters. The van der Waals surface area contributed by atoms with Crippen molar-refractivity contribution in [1.29, 1.82) is 0 Å². The van der Waals surface area contributed by atoms with Gasteiger partial charge in [-0.05, 0) is 19.8 Å². The van der Waals surface area contributed by atoms with Crippen LogP contribution in [0.2, 0.25) is 0 Å². The van der Waals surface area contributed by atoms with Crippen molar-refractivity contribution in [2.24, 2.45) is 0 Å². The second-order valence-corrected chi connectivity index (χ2v) is 3.49. The lowest BCUT2D eigenvalue weighted by atomic mass is 10.3. The van der Waals surface area contributed by atoms with Gasteiger partial charge in [0.25, 0.3) is 0 Å². The molecule has 2 heterocycles. The molecule has 2 rings (SSSR count). The normalized spacial score (nSPS) is 10.8. The predicted octanol–water partition coefficient (Wildman–Crippen LogP) is 0.971. The molecule has 0 aliphatic carbocycles. The minimum Gasteiger partial charge on any atom is -0.383 e. The van der Waals surface area contributed by atoms with Crippen LogP contribution in [0.1, 0.15) is 25.6 Å². The van der Waals surface area contributed by atoms with Crippen molar-refractivity contribution in [3.8, 4) is 12.3 Å². The van der Waals surface area contributed by atoms with Crippen LogP contribution in [-0.4, -0.2) is 19.7 Å². The Morgan fingerprint density at radius 3 is 2.80 bits per heavy atom. The minimum absolute atomic E-state index is 0.184. The van der Waals surface area contributed by atoms with Crippen molar-refractivity contribution >= 4 is 16.9 Å². The van der Waals surface area contributed by atoms with Gasteiger partial charge in [-0.1, -0.05) is 0 Å². The van der Waals surface area contributed by atoms with E-state index >= 15 is 0 Å². The van der Waals surface area contributed by atoms with Crippen LogP contribution in [0.4, 0.5) is 5.82 Å². The monoisotopic (exact) mass is 201 g/mol. The first kappa shape index (κ1) is 9.46. The number of hydrogen-bond donors (Lipinski definition) is 1. The zero-order chi connectivity index (χ0) is 11.0. The highest BCUT2D eigenvalue weighted by molar-refractivity contribution is 5.90. The van der Waals surface area contributed by atoms with Gasteiger partial charge in [-0.2, -0.15) is 5.10 Å². The van der Waals surface area contributed by atoms with Crippen LogP contribution in [-0.2, 0) is 0 Å². The van der Waals surface area contributed by atoms with Crippen LogP contribution < -0.4 is 5.73 Å². The fourth-order valence-corrected chi connectivity index (χ4v) is 1.46. The molecule has 0 amide bonds. The molecule has 0 aliphatic heterocycles. The Hall–Kier alpha value is -2.09. The average Bonchev–Trinajstić information content (AvgIpc) is 2.58. The molecule has 5 heteroatoms. The number of nitrogens with two attached hydrogens (primary N) is 1. The maximum absolute atomic E-state index is 5.75. The van der Waals surface area contributed by atoms with E-state index in [1.54, 1.807) is 4.68 Å². The fourth-order valence-electron chi connectivity index (χ4n) is 1.46. The lowest BCUT2D eigenvalue weighted by molar-refractivity contribution is 0.545. The molecule has 0 saturated heterocycles. The van der Waals surface area contributed by atoms with Crippen LogP contribution in [0.15, 0.2) is 6.33 Å². The summed E-state index contributed by atoms with van der Waals surface area (Å²) < 4.78 is 1.75. The fraction of sp³-hybridized carbons (Fsp3) is 0.300. The van der Waals surface area contributed by atoms with Crippen molar-refractivity contribution in [3.05, 3.63) is 12.0 Å². The van der Waals surface area contributed by atoms with E-state index in [4.69, 9.17) is 12.2 Å². The van der Waals surface area contributed by atoms with Crippen LogP contribution in [0.5, 0.6) is 0 Å². The first-order valence-electron chi connectivity index (χ1n) is 4.60. The summed E-state index contributed by atoms with van der Waals surface area (Å²) in [6.07, 6.45) is 6.78. The Morgan fingerprint density at radius 1 is 1.47 bits per heavy atom. The maximum atomic E-state index is 5.75. The number of terminal acetylenes is 1. The lowest BCUT2D eigenvalue weighted by Crippen LogP contribution is -2.04. The summed E-state index contributed by atoms with van der Waals surface area (Å²) in [5.74, 6) is 2.87. The maximum Gasteiger partial charge on any atom is 0.164 e. The molecule has 76 valence electrons. The van der Waals surface area contributed by atoms with Crippen LogP contribution in [0.3, 0.4) is 0 Å². The third-order valence-corrected chi connectivity index (χ3v) is 2.14. The Labute approximate surface area is 87.3 Å². The van der Waals surface area contributed by atoms with Crippen molar-refractivity contribution in [2.75, 3.05) is 5.73 Å². The predicted molar refractivity (Wildman–Crippen MR) is 58.1 cm³/mol. The quantitative estimate of drug-likeness (QED) is 0.698. The summed E-state index contributed by atoms with van der Waals surface area (Å²) in [5.41, 5.74) is 6.93. The van der Waals surface area contributed by atoms with Gasteiger partial charge in [0.15, 0.2) is 5.65 Å². The van der Waals surface area contributed by atoms with E-state index in [1.807, 2.05) is 13.8 Å².